The van der Waals surface area contributed by atoms with Gasteiger partial charge >= 0.3 is 0 Å². The van der Waals surface area contributed by atoms with E-state index >= 15 is 0 Å². The van der Waals surface area contributed by atoms with Crippen LogP contribution in [0.1, 0.15) is 37.8 Å². The lowest BCUT2D eigenvalue weighted by atomic mass is 10.0. The molecule has 34 heavy (non-hydrogen) atoms. The fraction of sp³-hybridized carbons (Fsp3) is 0.423. The first kappa shape index (κ1) is 26.7. The molecule has 0 fully saturated rings. The molecule has 0 heterocycles. The molecule has 184 valence electrons. The average molecular weight is 469 g/mol. The molecule has 0 unspecified atom stereocenters. The predicted octanol–water partition coefficient (Wildman–Crippen LogP) is 3.13. The largest absolute Gasteiger partial charge is 0.493 e. The zero-order valence-corrected chi connectivity index (χ0v) is 20.5. The third-order valence-electron chi connectivity index (χ3n) is 5.94. The van der Waals surface area contributed by atoms with E-state index in [1.807, 2.05) is 30.3 Å². The number of ether oxygens (including phenoxy) is 2. The second-order valence-corrected chi connectivity index (χ2v) is 8.15. The van der Waals surface area contributed by atoms with Gasteiger partial charge in [-0.2, -0.15) is 0 Å². The number of nitrogens with zero attached hydrogens (tertiary/aromatic N) is 1. The number of methoxy groups -OCH3 is 2. The van der Waals surface area contributed by atoms with Crippen molar-refractivity contribution in [2.75, 3.05) is 20.8 Å². The van der Waals surface area contributed by atoms with Crippen LogP contribution in [-0.4, -0.2) is 49.5 Å². The maximum absolute atomic E-state index is 13.3. The van der Waals surface area contributed by atoms with Gasteiger partial charge in [0.2, 0.25) is 11.8 Å². The maximum atomic E-state index is 13.3. The van der Waals surface area contributed by atoms with Gasteiger partial charge in [0.1, 0.15) is 6.04 Å². The van der Waals surface area contributed by atoms with Crippen LogP contribution >= 0.6 is 0 Å². The fourth-order valence-electron chi connectivity index (χ4n) is 3.81. The van der Waals surface area contributed by atoms with Crippen molar-refractivity contribution in [3.05, 3.63) is 59.7 Å². The van der Waals surface area contributed by atoms with Crippen LogP contribution in [0.4, 0.5) is 0 Å². The Morgan fingerprint density at radius 3 is 2.21 bits per heavy atom. The number of amides is 2. The number of nitrogens with one attached hydrogen (secondary N) is 2. The molecule has 0 aliphatic heterocycles. The molecule has 0 saturated heterocycles. The minimum absolute atomic E-state index is 0.0505. The number of benzene rings is 2. The number of guanidine groups is 1. The Bertz CT molecular complexity index is 961. The Kier molecular flexibility index (Phi) is 10.4. The standard InChI is InChI=1S/C26H36N4O4/c1-5-18(6-2)17-29-25(32)21(14-19-10-8-7-9-11-19)30(26(27)28)24(31)16-20-12-13-22(33-3)23(15-20)34-4/h7-13,15,18,21H,5-6,14,16-17H2,1-4H3,(H3,27,28)(H,29,32)/t21-/m1/s1. The molecule has 0 aromatic heterocycles. The smallest absolute Gasteiger partial charge is 0.243 e. The molecule has 0 bridgehead atoms. The molecule has 0 aliphatic carbocycles. The molecule has 2 aromatic rings. The summed E-state index contributed by atoms with van der Waals surface area (Å²) in [5.74, 6) is 0.138. The van der Waals surface area contributed by atoms with Gasteiger partial charge in [0, 0.05) is 13.0 Å². The van der Waals surface area contributed by atoms with Crippen molar-refractivity contribution in [2.45, 2.75) is 45.6 Å². The molecule has 2 rings (SSSR count). The second kappa shape index (κ2) is 13.2. The summed E-state index contributed by atoms with van der Waals surface area (Å²) in [6, 6.07) is 13.6. The monoisotopic (exact) mass is 468 g/mol. The first-order chi connectivity index (χ1) is 16.3. The Morgan fingerprint density at radius 1 is 1.00 bits per heavy atom. The third kappa shape index (κ3) is 7.23. The first-order valence-corrected chi connectivity index (χ1v) is 11.5. The number of hydrogen-bond donors (Lipinski definition) is 3. The van der Waals surface area contributed by atoms with Crippen molar-refractivity contribution in [2.24, 2.45) is 11.7 Å². The van der Waals surface area contributed by atoms with Gasteiger partial charge in [-0.25, -0.2) is 0 Å². The Hall–Kier alpha value is -3.55. The summed E-state index contributed by atoms with van der Waals surface area (Å²) < 4.78 is 10.6. The van der Waals surface area contributed by atoms with Crippen molar-refractivity contribution in [3.8, 4) is 11.5 Å². The Labute approximate surface area is 201 Å². The minimum atomic E-state index is -0.943. The van der Waals surface area contributed by atoms with E-state index in [1.165, 1.54) is 14.2 Å². The van der Waals surface area contributed by atoms with Gasteiger partial charge in [-0.3, -0.25) is 19.9 Å². The van der Waals surface area contributed by atoms with E-state index in [-0.39, 0.29) is 18.7 Å². The highest BCUT2D eigenvalue weighted by atomic mass is 16.5. The lowest BCUT2D eigenvalue weighted by Gasteiger charge is -2.30. The van der Waals surface area contributed by atoms with Crippen LogP contribution < -0.4 is 20.5 Å². The lowest BCUT2D eigenvalue weighted by Crippen LogP contribution is -2.56. The van der Waals surface area contributed by atoms with Gasteiger partial charge in [0.15, 0.2) is 17.5 Å². The topological polar surface area (TPSA) is 118 Å². The number of carbonyl (C=O) groups is 2. The summed E-state index contributed by atoms with van der Waals surface area (Å²) in [5.41, 5.74) is 7.39. The van der Waals surface area contributed by atoms with Gasteiger partial charge in [-0.05, 0) is 29.2 Å². The summed E-state index contributed by atoms with van der Waals surface area (Å²) in [7, 11) is 3.06. The van der Waals surface area contributed by atoms with Crippen molar-refractivity contribution in [1.82, 2.24) is 10.2 Å². The fourth-order valence-corrected chi connectivity index (χ4v) is 3.81. The molecular weight excluding hydrogens is 432 g/mol. The van der Waals surface area contributed by atoms with Gasteiger partial charge in [-0.1, -0.05) is 63.1 Å². The SMILES string of the molecule is CCC(CC)CNC(=O)[C@@H](Cc1ccccc1)N(C(=N)N)C(=O)Cc1ccc(OC)c(OC)c1. The van der Waals surface area contributed by atoms with Crippen molar-refractivity contribution in [3.63, 3.8) is 0 Å². The highest BCUT2D eigenvalue weighted by Crippen LogP contribution is 2.28. The molecular formula is C26H36N4O4. The van der Waals surface area contributed by atoms with Crippen LogP contribution in [0.3, 0.4) is 0 Å². The molecule has 8 nitrogen and oxygen atoms in total. The van der Waals surface area contributed by atoms with Crippen molar-refractivity contribution in [1.29, 1.82) is 5.41 Å². The molecule has 0 spiro atoms. The van der Waals surface area contributed by atoms with Crippen molar-refractivity contribution >= 4 is 17.8 Å². The summed E-state index contributed by atoms with van der Waals surface area (Å²) in [6.45, 7) is 4.67. The zero-order chi connectivity index (χ0) is 25.1. The molecule has 8 heteroatoms. The van der Waals surface area contributed by atoms with Crippen LogP contribution in [0.5, 0.6) is 11.5 Å². The minimum Gasteiger partial charge on any atom is -0.493 e. The van der Waals surface area contributed by atoms with E-state index in [0.29, 0.717) is 29.5 Å². The van der Waals surface area contributed by atoms with Crippen LogP contribution in [0, 0.1) is 11.3 Å². The van der Waals surface area contributed by atoms with E-state index in [4.69, 9.17) is 20.6 Å². The summed E-state index contributed by atoms with van der Waals surface area (Å²) in [5, 5.41) is 11.1. The van der Waals surface area contributed by atoms with Crippen LogP contribution in [-0.2, 0) is 22.4 Å². The highest BCUT2D eigenvalue weighted by Gasteiger charge is 2.32. The third-order valence-corrected chi connectivity index (χ3v) is 5.94. The molecule has 2 amide bonds. The highest BCUT2D eigenvalue weighted by molar-refractivity contribution is 6.01. The molecule has 0 saturated carbocycles. The normalized spacial score (nSPS) is 11.6. The van der Waals surface area contributed by atoms with E-state index in [2.05, 4.69) is 19.2 Å². The van der Waals surface area contributed by atoms with Crippen LogP contribution in [0.15, 0.2) is 48.5 Å². The summed E-state index contributed by atoms with van der Waals surface area (Å²) >= 11 is 0. The summed E-state index contributed by atoms with van der Waals surface area (Å²) in [4.78, 5) is 27.7. The number of hydrogen-bond acceptors (Lipinski definition) is 5. The van der Waals surface area contributed by atoms with E-state index in [0.717, 1.165) is 23.3 Å². The van der Waals surface area contributed by atoms with Crippen LogP contribution in [0.2, 0.25) is 0 Å². The lowest BCUT2D eigenvalue weighted by molar-refractivity contribution is -0.135. The van der Waals surface area contributed by atoms with Gasteiger partial charge in [-0.15, -0.1) is 0 Å². The molecule has 0 radical (unpaired) electrons. The molecule has 0 aliphatic rings. The van der Waals surface area contributed by atoms with E-state index < -0.39 is 17.9 Å². The number of nitrogens with two attached hydrogens (primary N) is 1. The molecule has 4 N–H and O–H groups in total. The molecule has 2 aromatic carbocycles. The van der Waals surface area contributed by atoms with Gasteiger partial charge < -0.3 is 20.5 Å². The number of rotatable bonds is 12. The van der Waals surface area contributed by atoms with Gasteiger partial charge in [0.05, 0.1) is 20.6 Å². The van der Waals surface area contributed by atoms with E-state index in [9.17, 15) is 9.59 Å². The zero-order valence-electron chi connectivity index (χ0n) is 20.5. The Balaban J connectivity index is 2.32. The van der Waals surface area contributed by atoms with Gasteiger partial charge in [0.25, 0.3) is 0 Å². The first-order valence-electron chi connectivity index (χ1n) is 11.5. The predicted molar refractivity (Wildman–Crippen MR) is 133 cm³/mol. The maximum Gasteiger partial charge on any atom is 0.243 e. The average Bonchev–Trinajstić information content (AvgIpc) is 2.84. The number of carbonyl (C=O) groups excluding carboxylic acids is 2. The molecule has 1 atom stereocenters. The quantitative estimate of drug-likeness (QED) is 0.327. The second-order valence-electron chi connectivity index (χ2n) is 8.15. The van der Waals surface area contributed by atoms with Crippen LogP contribution in [0.25, 0.3) is 0 Å². The summed E-state index contributed by atoms with van der Waals surface area (Å²) in [6.07, 6.45) is 2.07. The van der Waals surface area contributed by atoms with Crippen molar-refractivity contribution < 1.29 is 19.1 Å². The van der Waals surface area contributed by atoms with E-state index in [1.54, 1.807) is 18.2 Å². The Morgan fingerprint density at radius 2 is 1.65 bits per heavy atom.